The zero-order chi connectivity index (χ0) is 24.1. The van der Waals surface area contributed by atoms with Crippen LogP contribution in [0.15, 0.2) is 59.4 Å². The summed E-state index contributed by atoms with van der Waals surface area (Å²) in [5.74, 6) is -0.841. The minimum Gasteiger partial charge on any atom is -0.456 e. The Balaban J connectivity index is 1.43. The van der Waals surface area contributed by atoms with Crippen molar-refractivity contribution in [2.24, 2.45) is 0 Å². The molecule has 0 spiro atoms. The van der Waals surface area contributed by atoms with Crippen LogP contribution in [0.1, 0.15) is 56.7 Å². The lowest BCUT2D eigenvalue weighted by Crippen LogP contribution is -2.17. The van der Waals surface area contributed by atoms with Gasteiger partial charge >= 0.3 is 5.97 Å². The summed E-state index contributed by atoms with van der Waals surface area (Å²) in [5, 5.41) is 7.97. The molecule has 4 rings (SSSR count). The molecule has 0 fully saturated rings. The Morgan fingerprint density at radius 1 is 1.12 bits per heavy atom. The molecule has 0 bridgehead atoms. The van der Waals surface area contributed by atoms with E-state index in [1.807, 2.05) is 19.1 Å². The Morgan fingerprint density at radius 2 is 1.94 bits per heavy atom. The zero-order valence-electron chi connectivity index (χ0n) is 18.9. The van der Waals surface area contributed by atoms with Gasteiger partial charge in [0.2, 0.25) is 4.96 Å². The molecule has 2 aromatic heterocycles. The van der Waals surface area contributed by atoms with Gasteiger partial charge in [0.05, 0.1) is 11.3 Å². The maximum atomic E-state index is 12.6. The first-order chi connectivity index (χ1) is 16.4. The number of aromatic nitrogens is 3. The van der Waals surface area contributed by atoms with Gasteiger partial charge in [-0.05, 0) is 43.2 Å². The number of hydrogen-bond donors (Lipinski definition) is 1. The predicted octanol–water partition coefficient (Wildman–Crippen LogP) is 4.41. The van der Waals surface area contributed by atoms with Gasteiger partial charge in [-0.2, -0.15) is 9.61 Å². The van der Waals surface area contributed by atoms with Crippen molar-refractivity contribution >= 4 is 33.9 Å². The van der Waals surface area contributed by atoms with Crippen LogP contribution in [0.25, 0.3) is 4.96 Å². The lowest BCUT2D eigenvalue weighted by Gasteiger charge is -2.09. The van der Waals surface area contributed by atoms with Crippen molar-refractivity contribution in [3.8, 4) is 0 Å². The average Bonchev–Trinajstić information content (AvgIpc) is 3.25. The first kappa shape index (κ1) is 23.3. The van der Waals surface area contributed by atoms with Crippen LogP contribution in [-0.4, -0.2) is 26.5 Å². The quantitative estimate of drug-likeness (QED) is 0.378. The summed E-state index contributed by atoms with van der Waals surface area (Å²) in [4.78, 5) is 42.4. The fraction of sp³-hybridized carbons (Fsp3) is 0.240. The smallest absolute Gasteiger partial charge is 0.338 e. The number of nitrogens with one attached hydrogen (secondary N) is 1. The van der Waals surface area contributed by atoms with Gasteiger partial charge in [-0.25, -0.2) is 9.78 Å². The van der Waals surface area contributed by atoms with Crippen molar-refractivity contribution < 1.29 is 14.3 Å². The number of esters is 1. The van der Waals surface area contributed by atoms with Crippen molar-refractivity contribution in [3.63, 3.8) is 0 Å². The third-order valence-corrected chi connectivity index (χ3v) is 6.15. The molecule has 0 aliphatic heterocycles. The highest BCUT2D eigenvalue weighted by atomic mass is 32.1. The second-order valence-corrected chi connectivity index (χ2v) is 8.85. The van der Waals surface area contributed by atoms with E-state index >= 15 is 0 Å². The average molecular weight is 477 g/mol. The second kappa shape index (κ2) is 10.4. The van der Waals surface area contributed by atoms with Gasteiger partial charge in [-0.15, -0.1) is 0 Å². The number of rotatable bonds is 8. The molecule has 0 aliphatic rings. The fourth-order valence-corrected chi connectivity index (χ4v) is 4.33. The van der Waals surface area contributed by atoms with Crippen molar-refractivity contribution in [3.05, 3.63) is 92.3 Å². The summed E-state index contributed by atoms with van der Waals surface area (Å²) in [7, 11) is 0. The molecular formula is C25H24N4O4S. The van der Waals surface area contributed by atoms with Crippen LogP contribution < -0.4 is 10.9 Å². The maximum Gasteiger partial charge on any atom is 0.338 e. The molecule has 34 heavy (non-hydrogen) atoms. The molecule has 0 atom stereocenters. The number of amides is 1. The second-order valence-electron chi connectivity index (χ2n) is 7.81. The van der Waals surface area contributed by atoms with E-state index in [-0.39, 0.29) is 23.6 Å². The molecule has 9 heteroatoms. The Kier molecular flexibility index (Phi) is 7.12. The number of carbonyl (C=O) groups is 2. The number of unbranched alkanes of at least 4 members (excludes halogenated alkanes) is 1. The van der Waals surface area contributed by atoms with Gasteiger partial charge in [0, 0.05) is 23.7 Å². The van der Waals surface area contributed by atoms with Gasteiger partial charge < -0.3 is 10.1 Å². The Hall–Kier alpha value is -3.85. The van der Waals surface area contributed by atoms with E-state index in [1.54, 1.807) is 36.4 Å². The number of carbonyl (C=O) groups excluding carboxylic acids is 2. The number of benzene rings is 2. The SMILES string of the molecule is CCCCc1nn2c(=O)cc(COC(=O)c3cccc(NC(=O)c4ccccc4C)c3)nc2s1. The van der Waals surface area contributed by atoms with Gasteiger partial charge in [-0.3, -0.25) is 9.59 Å². The summed E-state index contributed by atoms with van der Waals surface area (Å²) in [6.45, 7) is 3.81. The van der Waals surface area contributed by atoms with Gasteiger partial charge in [0.15, 0.2) is 0 Å². The largest absolute Gasteiger partial charge is 0.456 e. The molecule has 0 saturated carbocycles. The van der Waals surface area contributed by atoms with E-state index in [9.17, 15) is 14.4 Å². The molecule has 2 aromatic carbocycles. The van der Waals surface area contributed by atoms with Crippen molar-refractivity contribution in [1.29, 1.82) is 0 Å². The summed E-state index contributed by atoms with van der Waals surface area (Å²) >= 11 is 1.36. The summed E-state index contributed by atoms with van der Waals surface area (Å²) < 4.78 is 6.65. The van der Waals surface area contributed by atoms with Crippen LogP contribution in [-0.2, 0) is 17.8 Å². The topological polar surface area (TPSA) is 103 Å². The molecule has 1 amide bonds. The van der Waals surface area contributed by atoms with E-state index in [4.69, 9.17) is 4.74 Å². The van der Waals surface area contributed by atoms with Crippen LogP contribution in [0.5, 0.6) is 0 Å². The lowest BCUT2D eigenvalue weighted by molar-refractivity contribution is 0.0467. The van der Waals surface area contributed by atoms with Gasteiger partial charge in [-0.1, -0.05) is 48.9 Å². The fourth-order valence-electron chi connectivity index (χ4n) is 3.37. The standard InChI is InChI=1S/C25H24N4O4S/c1-3-4-12-21-28-29-22(30)14-19(27-25(29)34-21)15-33-24(32)17-9-7-10-18(13-17)26-23(31)20-11-6-5-8-16(20)2/h5-11,13-14H,3-4,12,15H2,1-2H3,(H,26,31). The minimum atomic E-state index is -0.582. The van der Waals surface area contributed by atoms with Crippen molar-refractivity contribution in [1.82, 2.24) is 14.6 Å². The zero-order valence-corrected chi connectivity index (χ0v) is 19.7. The van der Waals surface area contributed by atoms with Crippen LogP contribution in [0.2, 0.25) is 0 Å². The Bertz CT molecular complexity index is 1410. The minimum absolute atomic E-state index is 0.146. The highest BCUT2D eigenvalue weighted by Gasteiger charge is 2.14. The monoisotopic (exact) mass is 476 g/mol. The molecule has 0 aliphatic carbocycles. The number of fused-ring (bicyclic) bond motifs is 1. The Labute approximate surface area is 200 Å². The molecule has 0 unspecified atom stereocenters. The van der Waals surface area contributed by atoms with E-state index in [0.717, 1.165) is 29.8 Å². The molecule has 174 valence electrons. The van der Waals surface area contributed by atoms with Crippen molar-refractivity contribution in [2.45, 2.75) is 39.7 Å². The molecule has 4 aromatic rings. The molecule has 0 saturated heterocycles. The number of hydrogen-bond acceptors (Lipinski definition) is 7. The van der Waals surface area contributed by atoms with Crippen LogP contribution in [0, 0.1) is 6.92 Å². The van der Waals surface area contributed by atoms with E-state index in [0.29, 0.717) is 21.9 Å². The number of aryl methyl sites for hydroxylation is 2. The van der Waals surface area contributed by atoms with Gasteiger partial charge in [0.25, 0.3) is 11.5 Å². The van der Waals surface area contributed by atoms with E-state index < -0.39 is 5.97 Å². The highest BCUT2D eigenvalue weighted by Crippen LogP contribution is 2.17. The van der Waals surface area contributed by atoms with E-state index in [2.05, 4.69) is 22.3 Å². The molecule has 2 heterocycles. The highest BCUT2D eigenvalue weighted by molar-refractivity contribution is 7.16. The number of nitrogens with zero attached hydrogens (tertiary/aromatic N) is 3. The van der Waals surface area contributed by atoms with Crippen molar-refractivity contribution in [2.75, 3.05) is 5.32 Å². The van der Waals surface area contributed by atoms with E-state index in [1.165, 1.54) is 21.9 Å². The molecule has 1 N–H and O–H groups in total. The van der Waals surface area contributed by atoms with Gasteiger partial charge in [0.1, 0.15) is 11.6 Å². The summed E-state index contributed by atoms with van der Waals surface area (Å²) in [6, 6.07) is 15.1. The maximum absolute atomic E-state index is 12.6. The van der Waals surface area contributed by atoms with Crippen LogP contribution >= 0.6 is 11.3 Å². The summed E-state index contributed by atoms with van der Waals surface area (Å²) in [6.07, 6.45) is 2.82. The molecule has 8 nitrogen and oxygen atoms in total. The molecule has 0 radical (unpaired) electrons. The number of anilines is 1. The van der Waals surface area contributed by atoms with Crippen LogP contribution in [0.3, 0.4) is 0 Å². The normalized spacial score (nSPS) is 10.9. The first-order valence-electron chi connectivity index (χ1n) is 11.0. The lowest BCUT2D eigenvalue weighted by atomic mass is 10.1. The predicted molar refractivity (Wildman–Crippen MR) is 130 cm³/mol. The van der Waals surface area contributed by atoms with Crippen LogP contribution in [0.4, 0.5) is 5.69 Å². The third-order valence-electron chi connectivity index (χ3n) is 5.18. The third kappa shape index (κ3) is 5.37. The Morgan fingerprint density at radius 3 is 2.74 bits per heavy atom. The summed E-state index contributed by atoms with van der Waals surface area (Å²) in [5.41, 5.74) is 2.22. The number of ether oxygens (including phenoxy) is 1. The molecular weight excluding hydrogens is 452 g/mol. The first-order valence-corrected chi connectivity index (χ1v) is 11.8.